The van der Waals surface area contributed by atoms with Crippen molar-refractivity contribution in [3.8, 4) is 0 Å². The van der Waals surface area contributed by atoms with E-state index in [1.165, 1.54) is 12.0 Å². The lowest BCUT2D eigenvalue weighted by atomic mass is 10.2. The van der Waals surface area contributed by atoms with Crippen LogP contribution in [0.1, 0.15) is 0 Å². The third-order valence-electron chi connectivity index (χ3n) is 4.64. The number of para-hydroxylation sites is 1. The SMILES string of the molecule is CNc1c(Cl)ncnc1N(C)CCN1CCN(c2ccccc2)CC1. The van der Waals surface area contributed by atoms with Gasteiger partial charge in [-0.1, -0.05) is 29.8 Å². The Morgan fingerprint density at radius 1 is 1.12 bits per heavy atom. The highest BCUT2D eigenvalue weighted by Crippen LogP contribution is 2.27. The molecule has 134 valence electrons. The van der Waals surface area contributed by atoms with Crippen LogP contribution in [0, 0.1) is 0 Å². The molecule has 1 aliphatic rings. The van der Waals surface area contributed by atoms with Crippen LogP contribution in [0.2, 0.25) is 5.15 Å². The van der Waals surface area contributed by atoms with Crippen LogP contribution in [0.4, 0.5) is 17.2 Å². The predicted octanol–water partition coefficient (Wildman–Crippen LogP) is 2.43. The highest BCUT2D eigenvalue weighted by atomic mass is 35.5. The fraction of sp³-hybridized carbons (Fsp3) is 0.444. The van der Waals surface area contributed by atoms with E-state index in [0.29, 0.717) is 5.15 Å². The number of hydrogen-bond acceptors (Lipinski definition) is 6. The molecule has 1 aromatic carbocycles. The predicted molar refractivity (Wildman–Crippen MR) is 105 cm³/mol. The van der Waals surface area contributed by atoms with E-state index in [0.717, 1.165) is 50.8 Å². The normalized spacial score (nSPS) is 15.2. The first-order chi connectivity index (χ1) is 12.2. The Hall–Kier alpha value is -2.05. The Morgan fingerprint density at radius 2 is 1.84 bits per heavy atom. The smallest absolute Gasteiger partial charge is 0.157 e. The van der Waals surface area contributed by atoms with Crippen LogP contribution in [0.15, 0.2) is 36.7 Å². The first-order valence-corrected chi connectivity index (χ1v) is 8.98. The van der Waals surface area contributed by atoms with Gasteiger partial charge in [0.1, 0.15) is 12.0 Å². The lowest BCUT2D eigenvalue weighted by Crippen LogP contribution is -2.48. The summed E-state index contributed by atoms with van der Waals surface area (Å²) in [7, 11) is 3.88. The molecule has 0 saturated carbocycles. The Balaban J connectivity index is 1.51. The van der Waals surface area contributed by atoms with E-state index in [4.69, 9.17) is 11.6 Å². The fourth-order valence-electron chi connectivity index (χ4n) is 3.13. The number of aromatic nitrogens is 2. The highest BCUT2D eigenvalue weighted by molar-refractivity contribution is 6.32. The second kappa shape index (κ2) is 8.36. The summed E-state index contributed by atoms with van der Waals surface area (Å²) in [4.78, 5) is 15.5. The molecule has 1 fully saturated rings. The minimum Gasteiger partial charge on any atom is -0.383 e. The van der Waals surface area contributed by atoms with Gasteiger partial charge in [0.15, 0.2) is 11.0 Å². The Kier molecular flexibility index (Phi) is 5.94. The number of hydrogen-bond donors (Lipinski definition) is 1. The van der Waals surface area contributed by atoms with Crippen molar-refractivity contribution in [2.75, 3.05) is 68.5 Å². The summed E-state index contributed by atoms with van der Waals surface area (Å²) in [5.41, 5.74) is 2.09. The molecule has 0 radical (unpaired) electrons. The molecule has 0 aliphatic carbocycles. The van der Waals surface area contributed by atoms with Crippen molar-refractivity contribution < 1.29 is 0 Å². The zero-order valence-electron chi connectivity index (χ0n) is 14.8. The molecule has 2 aromatic rings. The average Bonchev–Trinajstić information content (AvgIpc) is 2.67. The monoisotopic (exact) mass is 360 g/mol. The molecule has 0 bridgehead atoms. The van der Waals surface area contributed by atoms with Crippen LogP contribution >= 0.6 is 11.6 Å². The number of rotatable bonds is 6. The summed E-state index contributed by atoms with van der Waals surface area (Å²) in [6.07, 6.45) is 1.51. The van der Waals surface area contributed by atoms with Crippen LogP contribution < -0.4 is 15.1 Å². The van der Waals surface area contributed by atoms with E-state index in [2.05, 4.69) is 60.3 Å². The molecular formula is C18H25ClN6. The zero-order chi connectivity index (χ0) is 17.6. The van der Waals surface area contributed by atoms with E-state index < -0.39 is 0 Å². The minimum absolute atomic E-state index is 0.454. The molecule has 1 aliphatic heterocycles. The van der Waals surface area contributed by atoms with Crippen molar-refractivity contribution in [2.45, 2.75) is 0 Å². The van der Waals surface area contributed by atoms with Crippen molar-refractivity contribution in [2.24, 2.45) is 0 Å². The van der Waals surface area contributed by atoms with Crippen LogP contribution in [0.5, 0.6) is 0 Å². The quantitative estimate of drug-likeness (QED) is 0.798. The number of piperazine rings is 1. The van der Waals surface area contributed by atoms with Crippen LogP contribution in [0.3, 0.4) is 0 Å². The van der Waals surface area contributed by atoms with E-state index in [9.17, 15) is 0 Å². The molecule has 2 heterocycles. The second-order valence-electron chi connectivity index (χ2n) is 6.20. The summed E-state index contributed by atoms with van der Waals surface area (Å²) in [5.74, 6) is 0.838. The topological polar surface area (TPSA) is 47.5 Å². The Bertz CT molecular complexity index is 673. The number of anilines is 3. The van der Waals surface area contributed by atoms with Gasteiger partial charge in [0.05, 0.1) is 0 Å². The van der Waals surface area contributed by atoms with Crippen LogP contribution in [-0.4, -0.2) is 68.2 Å². The van der Waals surface area contributed by atoms with Gasteiger partial charge in [-0.05, 0) is 12.1 Å². The van der Waals surface area contributed by atoms with Gasteiger partial charge >= 0.3 is 0 Å². The van der Waals surface area contributed by atoms with Gasteiger partial charge in [0, 0.05) is 59.1 Å². The number of nitrogens with zero attached hydrogens (tertiary/aromatic N) is 5. The average molecular weight is 361 g/mol. The maximum absolute atomic E-state index is 6.14. The molecule has 1 aromatic heterocycles. The van der Waals surface area contributed by atoms with Crippen molar-refractivity contribution in [1.82, 2.24) is 14.9 Å². The molecular weight excluding hydrogens is 336 g/mol. The molecule has 1 saturated heterocycles. The first-order valence-electron chi connectivity index (χ1n) is 8.61. The molecule has 0 unspecified atom stereocenters. The summed E-state index contributed by atoms with van der Waals surface area (Å²) in [6, 6.07) is 10.6. The van der Waals surface area contributed by atoms with Crippen molar-refractivity contribution in [1.29, 1.82) is 0 Å². The van der Waals surface area contributed by atoms with Crippen molar-refractivity contribution in [3.63, 3.8) is 0 Å². The molecule has 3 rings (SSSR count). The largest absolute Gasteiger partial charge is 0.383 e. The number of benzene rings is 1. The third kappa shape index (κ3) is 4.32. The Morgan fingerprint density at radius 3 is 2.52 bits per heavy atom. The van der Waals surface area contributed by atoms with E-state index >= 15 is 0 Å². The lowest BCUT2D eigenvalue weighted by molar-refractivity contribution is 0.263. The van der Waals surface area contributed by atoms with Gasteiger partial charge in [-0.2, -0.15) is 0 Å². The standard InChI is InChI=1S/C18H25ClN6/c1-20-16-17(19)21-14-22-18(16)23(2)8-9-24-10-12-25(13-11-24)15-6-4-3-5-7-15/h3-7,14,20H,8-13H2,1-2H3. The van der Waals surface area contributed by atoms with E-state index in [-0.39, 0.29) is 0 Å². The lowest BCUT2D eigenvalue weighted by Gasteiger charge is -2.36. The highest BCUT2D eigenvalue weighted by Gasteiger charge is 2.18. The van der Waals surface area contributed by atoms with Gasteiger partial charge in [-0.15, -0.1) is 0 Å². The molecule has 25 heavy (non-hydrogen) atoms. The summed E-state index contributed by atoms with van der Waals surface area (Å²) < 4.78 is 0. The molecule has 0 amide bonds. The maximum Gasteiger partial charge on any atom is 0.157 e. The second-order valence-corrected chi connectivity index (χ2v) is 6.56. The van der Waals surface area contributed by atoms with E-state index in [1.807, 2.05) is 14.1 Å². The minimum atomic E-state index is 0.454. The van der Waals surface area contributed by atoms with Crippen molar-refractivity contribution >= 4 is 28.8 Å². The maximum atomic E-state index is 6.14. The molecule has 1 N–H and O–H groups in total. The zero-order valence-corrected chi connectivity index (χ0v) is 15.6. The molecule has 0 atom stereocenters. The van der Waals surface area contributed by atoms with Gasteiger partial charge in [0.25, 0.3) is 0 Å². The van der Waals surface area contributed by atoms with Crippen molar-refractivity contribution in [3.05, 3.63) is 41.8 Å². The molecule has 0 spiro atoms. The van der Waals surface area contributed by atoms with Crippen LogP contribution in [0.25, 0.3) is 0 Å². The van der Waals surface area contributed by atoms with Crippen LogP contribution in [-0.2, 0) is 0 Å². The van der Waals surface area contributed by atoms with Gasteiger partial charge in [-0.3, -0.25) is 4.90 Å². The Labute approximate surface area is 154 Å². The number of halogens is 1. The number of likely N-dealkylation sites (N-methyl/N-ethyl adjacent to an activating group) is 1. The summed E-state index contributed by atoms with van der Waals surface area (Å²) in [5, 5.41) is 3.54. The first kappa shape index (κ1) is 17.8. The van der Waals surface area contributed by atoms with E-state index in [1.54, 1.807) is 0 Å². The van der Waals surface area contributed by atoms with Gasteiger partial charge in [0.2, 0.25) is 0 Å². The summed E-state index contributed by atoms with van der Waals surface area (Å²) in [6.45, 7) is 6.18. The number of nitrogens with one attached hydrogen (secondary N) is 1. The summed E-state index contributed by atoms with van der Waals surface area (Å²) >= 11 is 6.14. The van der Waals surface area contributed by atoms with Gasteiger partial charge in [-0.25, -0.2) is 9.97 Å². The molecule has 6 nitrogen and oxygen atoms in total. The fourth-order valence-corrected chi connectivity index (χ4v) is 3.35. The van der Waals surface area contributed by atoms with Gasteiger partial charge < -0.3 is 15.1 Å². The third-order valence-corrected chi connectivity index (χ3v) is 4.92. The molecule has 7 heteroatoms.